The van der Waals surface area contributed by atoms with Gasteiger partial charge in [-0.3, -0.25) is 14.4 Å². The molecule has 81 heavy (non-hydrogen) atoms. The molecule has 6 heteroatoms. The van der Waals surface area contributed by atoms with Crippen LogP contribution in [0.2, 0.25) is 0 Å². The molecule has 0 bridgehead atoms. The highest BCUT2D eigenvalue weighted by atomic mass is 16.6. The van der Waals surface area contributed by atoms with Crippen molar-refractivity contribution in [3.05, 3.63) is 122 Å². The summed E-state index contributed by atoms with van der Waals surface area (Å²) < 4.78 is 17.0. The van der Waals surface area contributed by atoms with Crippen LogP contribution in [0.15, 0.2) is 122 Å². The maximum absolute atomic E-state index is 13.0. The Bertz CT molecular complexity index is 1670. The number of carbonyl (C=O) groups excluding carboxylic acids is 3. The standard InChI is InChI=1S/C75H126O6/c1-4-7-10-13-16-19-22-25-28-31-34-36-37-39-41-44-47-50-53-56-59-62-65-68-74(77)80-71-72(70-79-73(76)67-64-61-58-55-52-49-46-43-40-33-30-27-24-21-18-15-12-9-6-3)81-75(78)69-66-63-60-57-54-51-48-45-42-38-35-32-29-26-23-20-17-14-11-8-5-2/h9,12,18,21-23,25-27,30-32,34-35,37,39-40,42-43,45,72H,4-8,10-11,13-17,19-20,24,28-29,33,36,38,41,44,46-71H2,1-3H3/b12-9-,21-18-,25-22-,26-23-,30-27-,34-31-,35-32-,39-37-,43-40-,45-42-. The molecule has 0 amide bonds. The molecule has 0 saturated carbocycles. The third kappa shape index (κ3) is 66.5. The lowest BCUT2D eigenvalue weighted by Crippen LogP contribution is -2.30. The zero-order chi connectivity index (χ0) is 58.5. The minimum Gasteiger partial charge on any atom is -0.462 e. The Kier molecular flexibility index (Phi) is 64.8. The monoisotopic (exact) mass is 1120 g/mol. The van der Waals surface area contributed by atoms with Gasteiger partial charge in [0.15, 0.2) is 6.10 Å². The second kappa shape index (κ2) is 68.3. The van der Waals surface area contributed by atoms with Gasteiger partial charge in [-0.15, -0.1) is 0 Å². The molecular formula is C75H126O6. The predicted octanol–water partition coefficient (Wildman–Crippen LogP) is 23.6. The molecule has 1 atom stereocenters. The van der Waals surface area contributed by atoms with Gasteiger partial charge in [-0.1, -0.05) is 284 Å². The molecule has 0 aromatic rings. The topological polar surface area (TPSA) is 78.9 Å². The fourth-order valence-corrected chi connectivity index (χ4v) is 9.33. The van der Waals surface area contributed by atoms with Crippen molar-refractivity contribution in [3.63, 3.8) is 0 Å². The summed E-state index contributed by atoms with van der Waals surface area (Å²) in [4.78, 5) is 38.5. The second-order valence-electron chi connectivity index (χ2n) is 22.3. The molecule has 0 aliphatic heterocycles. The third-order valence-electron chi connectivity index (χ3n) is 14.4. The molecule has 0 aliphatic rings. The molecule has 0 saturated heterocycles. The fraction of sp³-hybridized carbons (Fsp3) is 0.693. The Labute approximate surface area is 501 Å². The van der Waals surface area contributed by atoms with Gasteiger partial charge in [0.05, 0.1) is 0 Å². The summed E-state index contributed by atoms with van der Waals surface area (Å²) in [6, 6.07) is 0. The number of esters is 3. The van der Waals surface area contributed by atoms with E-state index in [2.05, 4.69) is 142 Å². The highest BCUT2D eigenvalue weighted by Crippen LogP contribution is 2.15. The van der Waals surface area contributed by atoms with Crippen molar-refractivity contribution in [1.29, 1.82) is 0 Å². The van der Waals surface area contributed by atoms with E-state index in [0.29, 0.717) is 19.3 Å². The van der Waals surface area contributed by atoms with Crippen LogP contribution >= 0.6 is 0 Å². The molecule has 0 rings (SSSR count). The normalized spacial score (nSPS) is 12.9. The lowest BCUT2D eigenvalue weighted by Gasteiger charge is -2.18. The van der Waals surface area contributed by atoms with Crippen LogP contribution in [0.4, 0.5) is 0 Å². The maximum Gasteiger partial charge on any atom is 0.306 e. The summed E-state index contributed by atoms with van der Waals surface area (Å²) in [5.41, 5.74) is 0. The van der Waals surface area contributed by atoms with Gasteiger partial charge in [0.2, 0.25) is 0 Å². The van der Waals surface area contributed by atoms with E-state index < -0.39 is 6.10 Å². The minimum atomic E-state index is -0.801. The van der Waals surface area contributed by atoms with E-state index in [0.717, 1.165) is 141 Å². The molecule has 1 unspecified atom stereocenters. The van der Waals surface area contributed by atoms with Gasteiger partial charge in [-0.2, -0.15) is 0 Å². The van der Waals surface area contributed by atoms with Crippen LogP contribution < -0.4 is 0 Å². The molecule has 6 nitrogen and oxygen atoms in total. The van der Waals surface area contributed by atoms with E-state index in [1.807, 2.05) is 0 Å². The molecule has 0 aromatic carbocycles. The largest absolute Gasteiger partial charge is 0.462 e. The Balaban J connectivity index is 4.46. The molecule has 0 aromatic heterocycles. The van der Waals surface area contributed by atoms with Crippen molar-refractivity contribution in [2.75, 3.05) is 13.2 Å². The first kappa shape index (κ1) is 76.8. The van der Waals surface area contributed by atoms with Gasteiger partial charge < -0.3 is 14.2 Å². The zero-order valence-electron chi connectivity index (χ0n) is 53.0. The van der Waals surface area contributed by atoms with Crippen molar-refractivity contribution in [2.24, 2.45) is 0 Å². The van der Waals surface area contributed by atoms with Crippen molar-refractivity contribution < 1.29 is 28.6 Å². The maximum atomic E-state index is 13.0. The van der Waals surface area contributed by atoms with E-state index in [1.165, 1.54) is 135 Å². The molecular weight excluding hydrogens is 997 g/mol. The number of allylic oxidation sites excluding steroid dienone is 20. The summed E-state index contributed by atoms with van der Waals surface area (Å²) >= 11 is 0. The van der Waals surface area contributed by atoms with E-state index in [-0.39, 0.29) is 31.1 Å². The second-order valence-corrected chi connectivity index (χ2v) is 22.3. The zero-order valence-corrected chi connectivity index (χ0v) is 53.0. The molecule has 0 aliphatic carbocycles. The van der Waals surface area contributed by atoms with Crippen molar-refractivity contribution >= 4 is 17.9 Å². The smallest absolute Gasteiger partial charge is 0.306 e. The van der Waals surface area contributed by atoms with Gasteiger partial charge in [0.1, 0.15) is 13.2 Å². The van der Waals surface area contributed by atoms with Crippen molar-refractivity contribution in [3.8, 4) is 0 Å². The molecule has 0 N–H and O–H groups in total. The van der Waals surface area contributed by atoms with E-state index in [1.54, 1.807) is 0 Å². The van der Waals surface area contributed by atoms with Gasteiger partial charge >= 0.3 is 17.9 Å². The molecule has 0 fully saturated rings. The van der Waals surface area contributed by atoms with Crippen LogP contribution in [0.3, 0.4) is 0 Å². The highest BCUT2D eigenvalue weighted by Gasteiger charge is 2.19. The summed E-state index contributed by atoms with van der Waals surface area (Å²) in [5.74, 6) is -0.920. The van der Waals surface area contributed by atoms with Crippen LogP contribution in [0.25, 0.3) is 0 Å². The number of rotatable bonds is 61. The van der Waals surface area contributed by atoms with Crippen molar-refractivity contribution in [2.45, 2.75) is 322 Å². The lowest BCUT2D eigenvalue weighted by molar-refractivity contribution is -0.167. The quantitative estimate of drug-likeness (QED) is 0.0261. The summed E-state index contributed by atoms with van der Waals surface area (Å²) in [5, 5.41) is 0. The fourth-order valence-electron chi connectivity index (χ4n) is 9.33. The van der Waals surface area contributed by atoms with Gasteiger partial charge in [0.25, 0.3) is 0 Å². The first-order chi connectivity index (χ1) is 40.0. The number of carbonyl (C=O) groups is 3. The first-order valence-corrected chi connectivity index (χ1v) is 34.0. The number of hydrogen-bond acceptors (Lipinski definition) is 6. The van der Waals surface area contributed by atoms with Crippen LogP contribution in [-0.2, 0) is 28.6 Å². The van der Waals surface area contributed by atoms with Gasteiger partial charge in [-0.25, -0.2) is 0 Å². The van der Waals surface area contributed by atoms with E-state index in [9.17, 15) is 14.4 Å². The Hall–Kier alpha value is -4.19. The molecule has 462 valence electrons. The molecule has 0 spiro atoms. The Morgan fingerprint density at radius 3 is 0.753 bits per heavy atom. The predicted molar refractivity (Wildman–Crippen MR) is 353 cm³/mol. The van der Waals surface area contributed by atoms with Crippen LogP contribution in [0.5, 0.6) is 0 Å². The van der Waals surface area contributed by atoms with Crippen LogP contribution in [0.1, 0.15) is 316 Å². The molecule has 0 heterocycles. The molecule has 0 radical (unpaired) electrons. The summed E-state index contributed by atoms with van der Waals surface area (Å²) in [6.45, 7) is 6.50. The van der Waals surface area contributed by atoms with Crippen molar-refractivity contribution in [1.82, 2.24) is 0 Å². The third-order valence-corrected chi connectivity index (χ3v) is 14.4. The highest BCUT2D eigenvalue weighted by molar-refractivity contribution is 5.71. The first-order valence-electron chi connectivity index (χ1n) is 34.0. The average molecular weight is 1120 g/mol. The van der Waals surface area contributed by atoms with Crippen LogP contribution in [0, 0.1) is 0 Å². The number of ether oxygens (including phenoxy) is 3. The van der Waals surface area contributed by atoms with Gasteiger partial charge in [0, 0.05) is 19.3 Å². The lowest BCUT2D eigenvalue weighted by atomic mass is 10.1. The average Bonchev–Trinajstić information content (AvgIpc) is 3.47. The van der Waals surface area contributed by atoms with E-state index in [4.69, 9.17) is 14.2 Å². The van der Waals surface area contributed by atoms with Crippen LogP contribution in [-0.4, -0.2) is 37.2 Å². The SMILES string of the molecule is CC/C=C\C/C=C\C/C=C\C/C=C\CCCCCCCCC(=O)OCC(COC(=O)CCCCCCCCCC/C=C\C/C=C\C/C=C\CCCCCCC)OC(=O)CCCCCCCC/C=C\C/C=C\C/C=C\CCCCCCC. The van der Waals surface area contributed by atoms with Gasteiger partial charge in [-0.05, 0) is 135 Å². The van der Waals surface area contributed by atoms with E-state index >= 15 is 0 Å². The Morgan fingerprint density at radius 2 is 0.481 bits per heavy atom. The summed E-state index contributed by atoms with van der Waals surface area (Å²) in [6.07, 6.45) is 94.8. The number of unbranched alkanes of at least 4 members (excludes halogenated alkanes) is 30. The minimum absolute atomic E-state index is 0.0943. The number of hydrogen-bond donors (Lipinski definition) is 0. The Morgan fingerprint density at radius 1 is 0.259 bits per heavy atom. The summed E-state index contributed by atoms with van der Waals surface area (Å²) in [7, 11) is 0.